The standard InChI is InChI=1S/C21H24N2O2/c1-14-9-15(2)21(16(3)10-14)22-19(24)13-23-12-18(11-20(23)25)17-7-5-4-6-8-17/h4-10,18H,11-13H2,1-3H3,(H,22,24)/t18-/m0/s1. The van der Waals surface area contributed by atoms with Crippen molar-refractivity contribution in [1.82, 2.24) is 4.90 Å². The first-order valence-corrected chi connectivity index (χ1v) is 8.64. The molecule has 1 saturated heterocycles. The van der Waals surface area contributed by atoms with Crippen molar-refractivity contribution in [2.24, 2.45) is 0 Å². The van der Waals surface area contributed by atoms with Crippen LogP contribution in [-0.4, -0.2) is 29.8 Å². The summed E-state index contributed by atoms with van der Waals surface area (Å²) < 4.78 is 0. The molecule has 1 fully saturated rings. The van der Waals surface area contributed by atoms with Gasteiger partial charge in [0.25, 0.3) is 0 Å². The highest BCUT2D eigenvalue weighted by atomic mass is 16.2. The Hall–Kier alpha value is -2.62. The van der Waals surface area contributed by atoms with Crippen LogP contribution in [0.1, 0.15) is 34.6 Å². The molecule has 2 amide bonds. The average Bonchev–Trinajstić information content (AvgIpc) is 2.92. The molecule has 0 aromatic heterocycles. The molecule has 1 heterocycles. The van der Waals surface area contributed by atoms with Crippen molar-refractivity contribution in [3.8, 4) is 0 Å². The SMILES string of the molecule is Cc1cc(C)c(NC(=O)CN2C[C@@H](c3ccccc3)CC2=O)c(C)c1. The number of amides is 2. The van der Waals surface area contributed by atoms with Gasteiger partial charge in [-0.15, -0.1) is 0 Å². The van der Waals surface area contributed by atoms with Gasteiger partial charge >= 0.3 is 0 Å². The van der Waals surface area contributed by atoms with Crippen LogP contribution < -0.4 is 5.32 Å². The van der Waals surface area contributed by atoms with E-state index in [2.05, 4.69) is 17.4 Å². The number of anilines is 1. The molecule has 1 aliphatic rings. The van der Waals surface area contributed by atoms with Crippen LogP contribution in [0.5, 0.6) is 0 Å². The number of likely N-dealkylation sites (tertiary alicyclic amines) is 1. The van der Waals surface area contributed by atoms with E-state index in [4.69, 9.17) is 0 Å². The Labute approximate surface area is 148 Å². The zero-order valence-corrected chi connectivity index (χ0v) is 15.0. The highest BCUT2D eigenvalue weighted by molar-refractivity contribution is 5.96. The Morgan fingerprint density at radius 1 is 1.12 bits per heavy atom. The molecule has 0 saturated carbocycles. The first-order chi connectivity index (χ1) is 11.9. The van der Waals surface area contributed by atoms with E-state index >= 15 is 0 Å². The first-order valence-electron chi connectivity index (χ1n) is 8.64. The zero-order chi connectivity index (χ0) is 18.0. The van der Waals surface area contributed by atoms with E-state index in [0.29, 0.717) is 13.0 Å². The average molecular weight is 336 g/mol. The summed E-state index contributed by atoms with van der Waals surface area (Å²) in [5, 5.41) is 2.97. The third-order valence-corrected chi connectivity index (χ3v) is 4.76. The number of aryl methyl sites for hydroxylation is 3. The number of carbonyl (C=O) groups is 2. The molecule has 2 aromatic rings. The van der Waals surface area contributed by atoms with Crippen LogP contribution in [0.15, 0.2) is 42.5 Å². The maximum atomic E-state index is 12.4. The molecule has 4 heteroatoms. The van der Waals surface area contributed by atoms with E-state index in [0.717, 1.165) is 22.4 Å². The van der Waals surface area contributed by atoms with Crippen LogP contribution in [-0.2, 0) is 9.59 Å². The highest BCUT2D eigenvalue weighted by Crippen LogP contribution is 2.28. The van der Waals surface area contributed by atoms with Crippen LogP contribution in [0.25, 0.3) is 0 Å². The lowest BCUT2D eigenvalue weighted by atomic mass is 9.99. The molecule has 4 nitrogen and oxygen atoms in total. The lowest BCUT2D eigenvalue weighted by molar-refractivity contribution is -0.131. The molecule has 3 rings (SSSR count). The van der Waals surface area contributed by atoms with Gasteiger partial charge in [0.2, 0.25) is 11.8 Å². The van der Waals surface area contributed by atoms with E-state index in [1.54, 1.807) is 4.90 Å². The number of benzene rings is 2. The largest absolute Gasteiger partial charge is 0.333 e. The van der Waals surface area contributed by atoms with Crippen LogP contribution in [0.3, 0.4) is 0 Å². The molecular weight excluding hydrogens is 312 g/mol. The molecule has 0 aliphatic carbocycles. The van der Waals surface area contributed by atoms with Gasteiger partial charge in [-0.1, -0.05) is 48.0 Å². The normalized spacial score (nSPS) is 17.0. The van der Waals surface area contributed by atoms with Crippen LogP contribution in [0, 0.1) is 20.8 Å². The number of nitrogens with zero attached hydrogens (tertiary/aromatic N) is 1. The molecule has 130 valence electrons. The second-order valence-electron chi connectivity index (χ2n) is 6.91. The Kier molecular flexibility index (Phi) is 4.88. The summed E-state index contributed by atoms with van der Waals surface area (Å²) in [6, 6.07) is 14.1. The van der Waals surface area contributed by atoms with Crippen molar-refractivity contribution in [1.29, 1.82) is 0 Å². The van der Waals surface area contributed by atoms with Crippen LogP contribution >= 0.6 is 0 Å². The maximum absolute atomic E-state index is 12.4. The molecule has 1 atom stereocenters. The monoisotopic (exact) mass is 336 g/mol. The fraction of sp³-hybridized carbons (Fsp3) is 0.333. The minimum absolute atomic E-state index is 0.0429. The van der Waals surface area contributed by atoms with Gasteiger partial charge in [0.15, 0.2) is 0 Å². The predicted molar refractivity (Wildman–Crippen MR) is 99.7 cm³/mol. The molecule has 1 aliphatic heterocycles. The number of hydrogen-bond acceptors (Lipinski definition) is 2. The second kappa shape index (κ2) is 7.09. The van der Waals surface area contributed by atoms with Gasteiger partial charge in [0.1, 0.15) is 0 Å². The van der Waals surface area contributed by atoms with E-state index in [9.17, 15) is 9.59 Å². The number of carbonyl (C=O) groups excluding carboxylic acids is 2. The molecule has 0 radical (unpaired) electrons. The van der Waals surface area contributed by atoms with Gasteiger partial charge in [-0.05, 0) is 37.5 Å². The smallest absolute Gasteiger partial charge is 0.244 e. The molecular formula is C21H24N2O2. The van der Waals surface area contributed by atoms with Gasteiger partial charge < -0.3 is 10.2 Å². The van der Waals surface area contributed by atoms with Crippen molar-refractivity contribution in [2.75, 3.05) is 18.4 Å². The van der Waals surface area contributed by atoms with Crippen LogP contribution in [0.4, 0.5) is 5.69 Å². The van der Waals surface area contributed by atoms with E-state index in [1.807, 2.05) is 51.1 Å². The minimum Gasteiger partial charge on any atom is -0.333 e. The molecule has 1 N–H and O–H groups in total. The fourth-order valence-corrected chi connectivity index (χ4v) is 3.60. The lowest BCUT2D eigenvalue weighted by Gasteiger charge is -2.18. The molecule has 25 heavy (non-hydrogen) atoms. The third kappa shape index (κ3) is 3.90. The number of rotatable bonds is 4. The first kappa shape index (κ1) is 17.2. The Morgan fingerprint density at radius 2 is 1.76 bits per heavy atom. The summed E-state index contributed by atoms with van der Waals surface area (Å²) in [6.45, 7) is 6.72. The van der Waals surface area contributed by atoms with Crippen molar-refractivity contribution in [3.05, 3.63) is 64.7 Å². The summed E-state index contributed by atoms with van der Waals surface area (Å²) in [6.07, 6.45) is 0.472. The molecule has 0 unspecified atom stereocenters. The van der Waals surface area contributed by atoms with Crippen LogP contribution in [0.2, 0.25) is 0 Å². The van der Waals surface area contributed by atoms with E-state index in [-0.39, 0.29) is 24.3 Å². The fourth-order valence-electron chi connectivity index (χ4n) is 3.60. The Balaban J connectivity index is 1.65. The van der Waals surface area contributed by atoms with Crippen molar-refractivity contribution in [2.45, 2.75) is 33.1 Å². The van der Waals surface area contributed by atoms with Crippen molar-refractivity contribution in [3.63, 3.8) is 0 Å². The quantitative estimate of drug-likeness (QED) is 0.928. The Morgan fingerprint density at radius 3 is 2.40 bits per heavy atom. The van der Waals surface area contributed by atoms with Gasteiger partial charge in [0.05, 0.1) is 6.54 Å². The minimum atomic E-state index is -0.142. The van der Waals surface area contributed by atoms with Crippen molar-refractivity contribution < 1.29 is 9.59 Å². The molecule has 2 aromatic carbocycles. The topological polar surface area (TPSA) is 49.4 Å². The zero-order valence-electron chi connectivity index (χ0n) is 15.0. The van der Waals surface area contributed by atoms with Gasteiger partial charge in [-0.25, -0.2) is 0 Å². The summed E-state index contributed by atoms with van der Waals surface area (Å²) in [5.74, 6) is 0.0721. The summed E-state index contributed by atoms with van der Waals surface area (Å²) in [4.78, 5) is 26.4. The Bertz CT molecular complexity index is 776. The third-order valence-electron chi connectivity index (χ3n) is 4.76. The molecule has 0 bridgehead atoms. The summed E-state index contributed by atoms with van der Waals surface area (Å²) >= 11 is 0. The van der Waals surface area contributed by atoms with Gasteiger partial charge in [-0.2, -0.15) is 0 Å². The number of hydrogen-bond donors (Lipinski definition) is 1. The van der Waals surface area contributed by atoms with Crippen molar-refractivity contribution >= 4 is 17.5 Å². The molecule has 0 spiro atoms. The highest BCUT2D eigenvalue weighted by Gasteiger charge is 2.31. The predicted octanol–water partition coefficient (Wildman–Crippen LogP) is 3.57. The lowest BCUT2D eigenvalue weighted by Crippen LogP contribution is -2.34. The number of nitrogens with one attached hydrogen (secondary N) is 1. The maximum Gasteiger partial charge on any atom is 0.244 e. The summed E-state index contributed by atoms with van der Waals surface area (Å²) in [5.41, 5.74) is 5.26. The van der Waals surface area contributed by atoms with E-state index < -0.39 is 0 Å². The van der Waals surface area contributed by atoms with Gasteiger partial charge in [0, 0.05) is 24.6 Å². The summed E-state index contributed by atoms with van der Waals surface area (Å²) in [7, 11) is 0. The van der Waals surface area contributed by atoms with Gasteiger partial charge in [-0.3, -0.25) is 9.59 Å². The second-order valence-corrected chi connectivity index (χ2v) is 6.91. The van der Waals surface area contributed by atoms with E-state index in [1.165, 1.54) is 5.56 Å².